The largest absolute Gasteiger partial charge is 0.313 e. The lowest BCUT2D eigenvalue weighted by atomic mass is 9.71. The van der Waals surface area contributed by atoms with Gasteiger partial charge in [-0.25, -0.2) is 0 Å². The Kier molecular flexibility index (Phi) is 5.41. The van der Waals surface area contributed by atoms with Crippen molar-refractivity contribution in [2.24, 2.45) is 16.7 Å². The lowest BCUT2D eigenvalue weighted by Gasteiger charge is -2.49. The maximum Gasteiger partial charge on any atom is 0.0254 e. The first-order chi connectivity index (χ1) is 9.73. The molecule has 1 saturated carbocycles. The summed E-state index contributed by atoms with van der Waals surface area (Å²) in [7, 11) is 0. The van der Waals surface area contributed by atoms with Crippen LogP contribution in [0.2, 0.25) is 0 Å². The van der Waals surface area contributed by atoms with Gasteiger partial charge < -0.3 is 5.32 Å². The fourth-order valence-electron chi connectivity index (χ4n) is 4.53. The van der Waals surface area contributed by atoms with E-state index in [1.807, 2.05) is 0 Å². The molecule has 0 aromatic heterocycles. The SMILES string of the molecule is CCNC1CCC(C)(C)CC1N1CCC(C(C)(C)C)CC1. The molecule has 2 nitrogen and oxygen atoms in total. The van der Waals surface area contributed by atoms with Crippen LogP contribution in [0.5, 0.6) is 0 Å². The Morgan fingerprint density at radius 3 is 2.24 bits per heavy atom. The maximum atomic E-state index is 3.77. The van der Waals surface area contributed by atoms with E-state index in [1.165, 1.54) is 45.2 Å². The molecule has 1 aliphatic carbocycles. The predicted molar refractivity (Wildman–Crippen MR) is 92.6 cm³/mol. The predicted octanol–water partition coefficient (Wildman–Crippen LogP) is 4.30. The van der Waals surface area contributed by atoms with Gasteiger partial charge in [-0.3, -0.25) is 4.90 Å². The molecule has 2 aliphatic rings. The van der Waals surface area contributed by atoms with Crippen LogP contribution in [0.4, 0.5) is 0 Å². The Bertz CT molecular complexity index is 321. The molecule has 21 heavy (non-hydrogen) atoms. The molecule has 0 spiro atoms. The van der Waals surface area contributed by atoms with Crippen molar-refractivity contribution >= 4 is 0 Å². The maximum absolute atomic E-state index is 3.77. The summed E-state index contributed by atoms with van der Waals surface area (Å²) in [6, 6.07) is 1.48. The number of hydrogen-bond donors (Lipinski definition) is 1. The van der Waals surface area contributed by atoms with E-state index >= 15 is 0 Å². The standard InChI is InChI=1S/C19H38N2/c1-7-20-16-8-11-19(5,6)14-17(16)21-12-9-15(10-13-21)18(2,3)4/h15-17,20H,7-14H2,1-6H3. The lowest BCUT2D eigenvalue weighted by molar-refractivity contribution is 0.0245. The highest BCUT2D eigenvalue weighted by molar-refractivity contribution is 4.96. The van der Waals surface area contributed by atoms with Gasteiger partial charge in [0.25, 0.3) is 0 Å². The van der Waals surface area contributed by atoms with Gasteiger partial charge in [0.1, 0.15) is 0 Å². The van der Waals surface area contributed by atoms with Crippen molar-refractivity contribution in [3.63, 3.8) is 0 Å². The van der Waals surface area contributed by atoms with Gasteiger partial charge in [-0.05, 0) is 68.5 Å². The van der Waals surface area contributed by atoms with Crippen LogP contribution in [0.1, 0.15) is 73.6 Å². The van der Waals surface area contributed by atoms with E-state index in [0.29, 0.717) is 16.9 Å². The van der Waals surface area contributed by atoms with Crippen molar-refractivity contribution < 1.29 is 0 Å². The molecular weight excluding hydrogens is 256 g/mol. The second kappa shape index (κ2) is 6.58. The monoisotopic (exact) mass is 294 g/mol. The third-order valence-electron chi connectivity index (χ3n) is 6.05. The van der Waals surface area contributed by atoms with Crippen LogP contribution in [-0.4, -0.2) is 36.6 Å². The zero-order valence-corrected chi connectivity index (χ0v) is 15.3. The van der Waals surface area contributed by atoms with E-state index in [0.717, 1.165) is 18.5 Å². The lowest BCUT2D eigenvalue weighted by Crippen LogP contribution is -2.56. The minimum absolute atomic E-state index is 0.485. The van der Waals surface area contributed by atoms with Crippen LogP contribution in [0, 0.1) is 16.7 Å². The minimum Gasteiger partial charge on any atom is -0.313 e. The van der Waals surface area contributed by atoms with Crippen molar-refractivity contribution in [1.29, 1.82) is 0 Å². The number of piperidine rings is 1. The summed E-state index contributed by atoms with van der Waals surface area (Å²) in [6.45, 7) is 18.2. The first-order valence-corrected chi connectivity index (χ1v) is 9.20. The third kappa shape index (κ3) is 4.45. The molecule has 2 atom stereocenters. The molecule has 1 aliphatic heterocycles. The van der Waals surface area contributed by atoms with Gasteiger partial charge in [0.05, 0.1) is 0 Å². The molecule has 2 heteroatoms. The number of nitrogens with one attached hydrogen (secondary N) is 1. The van der Waals surface area contributed by atoms with Gasteiger partial charge in [-0.15, -0.1) is 0 Å². The number of likely N-dealkylation sites (tertiary alicyclic amines) is 1. The molecule has 2 unspecified atom stereocenters. The van der Waals surface area contributed by atoms with Crippen LogP contribution in [0.3, 0.4) is 0 Å². The quantitative estimate of drug-likeness (QED) is 0.835. The molecule has 1 saturated heterocycles. The Labute approximate surface area is 133 Å². The van der Waals surface area contributed by atoms with Crippen molar-refractivity contribution in [3.05, 3.63) is 0 Å². The van der Waals surface area contributed by atoms with E-state index in [2.05, 4.69) is 51.8 Å². The first-order valence-electron chi connectivity index (χ1n) is 9.20. The minimum atomic E-state index is 0.485. The molecule has 0 aromatic carbocycles. The second-order valence-corrected chi connectivity index (χ2v) is 9.31. The summed E-state index contributed by atoms with van der Waals surface area (Å²) < 4.78 is 0. The zero-order chi connectivity index (χ0) is 15.7. The second-order valence-electron chi connectivity index (χ2n) is 9.31. The number of likely N-dealkylation sites (N-methyl/N-ethyl adjacent to an activating group) is 1. The topological polar surface area (TPSA) is 15.3 Å². The highest BCUT2D eigenvalue weighted by Crippen LogP contribution is 2.40. The van der Waals surface area contributed by atoms with Crippen LogP contribution < -0.4 is 5.32 Å². The Morgan fingerprint density at radius 1 is 1.10 bits per heavy atom. The van der Waals surface area contributed by atoms with Gasteiger partial charge in [0.2, 0.25) is 0 Å². The highest BCUT2D eigenvalue weighted by Gasteiger charge is 2.39. The van der Waals surface area contributed by atoms with E-state index in [1.54, 1.807) is 0 Å². The molecule has 0 bridgehead atoms. The molecule has 2 fully saturated rings. The highest BCUT2D eigenvalue weighted by atomic mass is 15.2. The summed E-state index contributed by atoms with van der Waals surface area (Å²) in [5, 5.41) is 3.77. The number of hydrogen-bond acceptors (Lipinski definition) is 2. The molecule has 0 aromatic rings. The van der Waals surface area contributed by atoms with Gasteiger partial charge in [0.15, 0.2) is 0 Å². The van der Waals surface area contributed by atoms with Crippen molar-refractivity contribution in [2.45, 2.75) is 85.7 Å². The Balaban J connectivity index is 1.98. The van der Waals surface area contributed by atoms with Gasteiger partial charge >= 0.3 is 0 Å². The average Bonchev–Trinajstić information content (AvgIpc) is 2.40. The Morgan fingerprint density at radius 2 is 1.71 bits per heavy atom. The normalized spacial score (nSPS) is 32.3. The van der Waals surface area contributed by atoms with E-state index in [9.17, 15) is 0 Å². The summed E-state index contributed by atoms with van der Waals surface area (Å²) in [5.74, 6) is 0.905. The number of nitrogens with zero attached hydrogens (tertiary/aromatic N) is 1. The molecule has 2 rings (SSSR count). The molecule has 1 N–H and O–H groups in total. The van der Waals surface area contributed by atoms with Crippen LogP contribution in [-0.2, 0) is 0 Å². The molecule has 0 radical (unpaired) electrons. The molecule has 0 amide bonds. The molecular formula is C19H38N2. The average molecular weight is 295 g/mol. The number of rotatable bonds is 3. The van der Waals surface area contributed by atoms with Crippen molar-refractivity contribution in [3.8, 4) is 0 Å². The van der Waals surface area contributed by atoms with E-state index < -0.39 is 0 Å². The molecule has 124 valence electrons. The van der Waals surface area contributed by atoms with E-state index in [-0.39, 0.29) is 0 Å². The van der Waals surface area contributed by atoms with Crippen molar-refractivity contribution in [2.75, 3.05) is 19.6 Å². The van der Waals surface area contributed by atoms with Gasteiger partial charge in [0, 0.05) is 12.1 Å². The summed E-state index contributed by atoms with van der Waals surface area (Å²) in [6.07, 6.45) is 6.87. The fraction of sp³-hybridized carbons (Fsp3) is 1.00. The fourth-order valence-corrected chi connectivity index (χ4v) is 4.53. The summed E-state index contributed by atoms with van der Waals surface area (Å²) in [5.41, 5.74) is 1.01. The van der Waals surface area contributed by atoms with Gasteiger partial charge in [-0.2, -0.15) is 0 Å². The van der Waals surface area contributed by atoms with Crippen molar-refractivity contribution in [1.82, 2.24) is 10.2 Å². The smallest absolute Gasteiger partial charge is 0.0254 e. The summed E-state index contributed by atoms with van der Waals surface area (Å²) >= 11 is 0. The zero-order valence-electron chi connectivity index (χ0n) is 15.3. The molecule has 1 heterocycles. The van der Waals surface area contributed by atoms with Crippen LogP contribution in [0.25, 0.3) is 0 Å². The first kappa shape index (κ1) is 17.3. The van der Waals surface area contributed by atoms with E-state index in [4.69, 9.17) is 0 Å². The van der Waals surface area contributed by atoms with Crippen LogP contribution in [0.15, 0.2) is 0 Å². The van der Waals surface area contributed by atoms with Crippen LogP contribution >= 0.6 is 0 Å². The van der Waals surface area contributed by atoms with Gasteiger partial charge in [-0.1, -0.05) is 41.5 Å². The summed E-state index contributed by atoms with van der Waals surface area (Å²) in [4.78, 5) is 2.82. The third-order valence-corrected chi connectivity index (χ3v) is 6.05. The Hall–Kier alpha value is -0.0800.